The zero-order chi connectivity index (χ0) is 19.4. The molecule has 0 unspecified atom stereocenters. The number of aromatic carboxylic acids is 1. The van der Waals surface area contributed by atoms with Crippen LogP contribution in [0.5, 0.6) is 5.75 Å². The standard InChI is InChI=1S/C19H13ClN2O4S/c20-12(8-11-4-2-1-3-5-11)9-16-17(24)22-19(27-16)21-15-7-6-13(23)10-14(15)18(25)26/h1-10,23H,(H,25,26)(H,21,22,24)/b12-8-,16-9-. The molecule has 0 aliphatic carbocycles. The average Bonchev–Trinajstić information content (AvgIpc) is 2.96. The SMILES string of the molecule is O=C1NC(=Nc2ccc(O)cc2C(=O)O)S/C1=C\C(Cl)=C\c1ccccc1. The van der Waals surface area contributed by atoms with Gasteiger partial charge in [-0.05, 0) is 47.7 Å². The molecule has 3 rings (SSSR count). The highest BCUT2D eigenvalue weighted by molar-refractivity contribution is 8.18. The minimum Gasteiger partial charge on any atom is -0.508 e. The number of allylic oxidation sites excluding steroid dienone is 2. The lowest BCUT2D eigenvalue weighted by atomic mass is 10.2. The van der Waals surface area contributed by atoms with Crippen molar-refractivity contribution in [3.8, 4) is 5.75 Å². The van der Waals surface area contributed by atoms with Crippen LogP contribution in [0.4, 0.5) is 5.69 Å². The third-order valence-corrected chi connectivity index (χ3v) is 4.58. The van der Waals surface area contributed by atoms with Crippen LogP contribution in [0.3, 0.4) is 0 Å². The van der Waals surface area contributed by atoms with Crippen molar-refractivity contribution in [2.45, 2.75) is 0 Å². The van der Waals surface area contributed by atoms with Gasteiger partial charge in [0.15, 0.2) is 5.17 Å². The number of phenols is 1. The van der Waals surface area contributed by atoms with E-state index in [1.807, 2.05) is 30.3 Å². The molecule has 8 heteroatoms. The lowest BCUT2D eigenvalue weighted by Gasteiger charge is -2.02. The number of thioether (sulfide) groups is 1. The summed E-state index contributed by atoms with van der Waals surface area (Å²) in [4.78, 5) is 27.9. The number of halogens is 1. The summed E-state index contributed by atoms with van der Waals surface area (Å²) in [5.41, 5.74) is 0.846. The Labute approximate surface area is 163 Å². The summed E-state index contributed by atoms with van der Waals surface area (Å²) < 4.78 is 0. The molecule has 0 atom stereocenters. The predicted molar refractivity (Wildman–Crippen MR) is 106 cm³/mol. The Morgan fingerprint density at radius 1 is 1.19 bits per heavy atom. The van der Waals surface area contributed by atoms with E-state index >= 15 is 0 Å². The molecule has 1 aliphatic heterocycles. The van der Waals surface area contributed by atoms with Crippen LogP contribution in [0.2, 0.25) is 0 Å². The van der Waals surface area contributed by atoms with Gasteiger partial charge in [0.1, 0.15) is 5.75 Å². The predicted octanol–water partition coefficient (Wildman–Crippen LogP) is 4.10. The number of nitrogens with zero attached hydrogens (tertiary/aromatic N) is 1. The molecule has 136 valence electrons. The summed E-state index contributed by atoms with van der Waals surface area (Å²) in [6.45, 7) is 0. The monoisotopic (exact) mass is 400 g/mol. The first-order valence-corrected chi connectivity index (χ1v) is 8.90. The number of carbonyl (C=O) groups excluding carboxylic acids is 1. The number of carboxylic acids is 1. The van der Waals surface area contributed by atoms with Crippen LogP contribution in [0.1, 0.15) is 15.9 Å². The van der Waals surface area contributed by atoms with E-state index < -0.39 is 5.97 Å². The topological polar surface area (TPSA) is 99.0 Å². The first kappa shape index (κ1) is 18.8. The van der Waals surface area contributed by atoms with E-state index in [9.17, 15) is 19.8 Å². The molecule has 1 amide bonds. The van der Waals surface area contributed by atoms with Crippen molar-refractivity contribution in [3.63, 3.8) is 0 Å². The number of amidine groups is 1. The third kappa shape index (κ3) is 4.78. The van der Waals surface area contributed by atoms with Gasteiger partial charge in [-0.1, -0.05) is 41.9 Å². The number of aromatic hydroxyl groups is 1. The molecule has 1 fully saturated rings. The second-order valence-corrected chi connectivity index (χ2v) is 6.90. The summed E-state index contributed by atoms with van der Waals surface area (Å²) in [5, 5.41) is 21.8. The van der Waals surface area contributed by atoms with E-state index in [1.54, 1.807) is 6.08 Å². The van der Waals surface area contributed by atoms with E-state index in [-0.39, 0.29) is 28.1 Å². The number of benzene rings is 2. The van der Waals surface area contributed by atoms with Gasteiger partial charge in [0.05, 0.1) is 16.2 Å². The smallest absolute Gasteiger partial charge is 0.338 e. The lowest BCUT2D eigenvalue weighted by Crippen LogP contribution is -2.19. The molecular weight excluding hydrogens is 388 g/mol. The van der Waals surface area contributed by atoms with Crippen molar-refractivity contribution < 1.29 is 19.8 Å². The molecule has 0 bridgehead atoms. The molecule has 1 heterocycles. The second-order valence-electron chi connectivity index (χ2n) is 5.43. The largest absolute Gasteiger partial charge is 0.508 e. The normalized spacial score (nSPS) is 17.4. The van der Waals surface area contributed by atoms with Gasteiger partial charge in [-0.3, -0.25) is 4.79 Å². The van der Waals surface area contributed by atoms with E-state index in [0.717, 1.165) is 23.4 Å². The highest BCUT2D eigenvalue weighted by Crippen LogP contribution is 2.30. The summed E-state index contributed by atoms with van der Waals surface area (Å²) in [6, 6.07) is 13.2. The van der Waals surface area contributed by atoms with Gasteiger partial charge in [0.2, 0.25) is 0 Å². The molecule has 0 aromatic heterocycles. The Kier molecular flexibility index (Phi) is 5.63. The molecule has 0 radical (unpaired) electrons. The number of nitrogens with one attached hydrogen (secondary N) is 1. The van der Waals surface area contributed by atoms with Crippen molar-refractivity contribution in [2.75, 3.05) is 0 Å². The van der Waals surface area contributed by atoms with Crippen molar-refractivity contribution >= 4 is 52.2 Å². The van der Waals surface area contributed by atoms with Gasteiger partial charge in [-0.15, -0.1) is 0 Å². The molecule has 3 N–H and O–H groups in total. The maximum absolute atomic E-state index is 12.1. The zero-order valence-corrected chi connectivity index (χ0v) is 15.3. The van der Waals surface area contributed by atoms with Crippen molar-refractivity contribution in [1.29, 1.82) is 0 Å². The van der Waals surface area contributed by atoms with Gasteiger partial charge in [0.25, 0.3) is 5.91 Å². The molecule has 1 saturated heterocycles. The fourth-order valence-electron chi connectivity index (χ4n) is 2.26. The Hall–Kier alpha value is -3.03. The number of rotatable bonds is 4. The second kappa shape index (κ2) is 8.11. The van der Waals surface area contributed by atoms with Gasteiger partial charge in [-0.25, -0.2) is 9.79 Å². The number of carboxylic acid groups (broad SMARTS) is 1. The van der Waals surface area contributed by atoms with Crippen LogP contribution in [-0.2, 0) is 4.79 Å². The van der Waals surface area contributed by atoms with Crippen LogP contribution in [0, 0.1) is 0 Å². The Balaban J connectivity index is 1.84. The van der Waals surface area contributed by atoms with Crippen LogP contribution in [0.15, 0.2) is 69.5 Å². The molecule has 2 aromatic rings. The Morgan fingerprint density at radius 3 is 2.63 bits per heavy atom. The number of phenolic OH excluding ortho intramolecular Hbond substituents is 1. The van der Waals surface area contributed by atoms with Gasteiger partial charge in [-0.2, -0.15) is 0 Å². The maximum Gasteiger partial charge on any atom is 0.338 e. The highest BCUT2D eigenvalue weighted by Gasteiger charge is 2.24. The molecule has 0 spiro atoms. The summed E-state index contributed by atoms with van der Waals surface area (Å²) in [6.07, 6.45) is 3.24. The summed E-state index contributed by atoms with van der Waals surface area (Å²) in [7, 11) is 0. The summed E-state index contributed by atoms with van der Waals surface area (Å²) >= 11 is 7.25. The zero-order valence-electron chi connectivity index (χ0n) is 13.7. The highest BCUT2D eigenvalue weighted by atomic mass is 35.5. The van der Waals surface area contributed by atoms with Crippen molar-refractivity contribution in [3.05, 3.63) is 75.7 Å². The van der Waals surface area contributed by atoms with Crippen LogP contribution >= 0.6 is 23.4 Å². The maximum atomic E-state index is 12.1. The molecule has 6 nitrogen and oxygen atoms in total. The third-order valence-electron chi connectivity index (χ3n) is 3.46. The minimum absolute atomic E-state index is 0.121. The number of hydrogen-bond donors (Lipinski definition) is 3. The first-order valence-electron chi connectivity index (χ1n) is 7.70. The minimum atomic E-state index is -1.23. The molecule has 27 heavy (non-hydrogen) atoms. The van der Waals surface area contributed by atoms with E-state index in [0.29, 0.717) is 9.94 Å². The summed E-state index contributed by atoms with van der Waals surface area (Å²) in [5.74, 6) is -1.80. The van der Waals surface area contributed by atoms with E-state index in [2.05, 4.69) is 10.3 Å². The number of aliphatic imine (C=N–C) groups is 1. The fraction of sp³-hybridized carbons (Fsp3) is 0. The molecule has 0 saturated carbocycles. The molecule has 1 aliphatic rings. The van der Waals surface area contributed by atoms with Crippen LogP contribution in [-0.4, -0.2) is 27.3 Å². The number of carbonyl (C=O) groups is 2. The first-order chi connectivity index (χ1) is 12.9. The average molecular weight is 401 g/mol. The van der Waals surface area contributed by atoms with Crippen molar-refractivity contribution in [1.82, 2.24) is 5.32 Å². The molecular formula is C19H13ClN2O4S. The Morgan fingerprint density at radius 2 is 1.93 bits per heavy atom. The van der Waals surface area contributed by atoms with Crippen molar-refractivity contribution in [2.24, 2.45) is 4.99 Å². The molecule has 2 aromatic carbocycles. The quantitative estimate of drug-likeness (QED) is 0.671. The van der Waals surface area contributed by atoms with Gasteiger partial charge >= 0.3 is 5.97 Å². The number of hydrogen-bond acceptors (Lipinski definition) is 5. The van der Waals surface area contributed by atoms with Crippen LogP contribution in [0.25, 0.3) is 6.08 Å². The number of amides is 1. The van der Waals surface area contributed by atoms with Gasteiger partial charge in [0, 0.05) is 5.03 Å². The van der Waals surface area contributed by atoms with Gasteiger partial charge < -0.3 is 15.5 Å². The lowest BCUT2D eigenvalue weighted by molar-refractivity contribution is -0.115. The van der Waals surface area contributed by atoms with E-state index in [4.69, 9.17) is 11.6 Å². The van der Waals surface area contributed by atoms with Crippen LogP contribution < -0.4 is 5.32 Å². The fourth-order valence-corrected chi connectivity index (χ4v) is 3.38. The van der Waals surface area contributed by atoms with E-state index in [1.165, 1.54) is 18.2 Å². The Bertz CT molecular complexity index is 1000.